The van der Waals surface area contributed by atoms with E-state index in [1.54, 1.807) is 0 Å². The molecule has 2 heteroatoms. The van der Waals surface area contributed by atoms with Crippen LogP contribution in [0.4, 0.5) is 0 Å². The number of allylic oxidation sites excluding steroid dienone is 2. The third kappa shape index (κ3) is 1.69. The Hall–Kier alpha value is -0.600. The summed E-state index contributed by atoms with van der Waals surface area (Å²) in [5, 5.41) is 21.5. The van der Waals surface area contributed by atoms with Gasteiger partial charge in [0.05, 0.1) is 11.7 Å². The molecule has 17 heavy (non-hydrogen) atoms. The van der Waals surface area contributed by atoms with Crippen molar-refractivity contribution < 1.29 is 10.2 Å². The molecule has 0 aromatic carbocycles. The van der Waals surface area contributed by atoms with Gasteiger partial charge in [-0.3, -0.25) is 0 Å². The largest absolute Gasteiger partial charge is 0.392 e. The Kier molecular flexibility index (Phi) is 2.99. The van der Waals surface area contributed by atoms with Gasteiger partial charge in [-0.05, 0) is 32.1 Å². The third-order valence-electron chi connectivity index (χ3n) is 5.21. The van der Waals surface area contributed by atoms with Gasteiger partial charge in [-0.2, -0.15) is 0 Å². The number of hydrogen-bond donors (Lipinski definition) is 2. The van der Waals surface area contributed by atoms with Crippen LogP contribution in [-0.4, -0.2) is 21.9 Å². The first-order chi connectivity index (χ1) is 7.81. The molecule has 0 saturated heterocycles. The van der Waals surface area contributed by atoms with Crippen LogP contribution < -0.4 is 0 Å². The van der Waals surface area contributed by atoms with Gasteiger partial charge in [-0.25, -0.2) is 0 Å². The maximum atomic E-state index is 11.1. The summed E-state index contributed by atoms with van der Waals surface area (Å²) in [4.78, 5) is 0. The van der Waals surface area contributed by atoms with Crippen molar-refractivity contribution in [1.82, 2.24) is 0 Å². The van der Waals surface area contributed by atoms with E-state index in [1.165, 1.54) is 0 Å². The highest BCUT2D eigenvalue weighted by Crippen LogP contribution is 2.55. The fourth-order valence-corrected chi connectivity index (χ4v) is 3.58. The first-order valence-corrected chi connectivity index (χ1v) is 6.54. The molecule has 0 aliphatic heterocycles. The maximum Gasteiger partial charge on any atom is 0.0794 e. The van der Waals surface area contributed by atoms with E-state index in [2.05, 4.69) is 18.7 Å². The second-order valence-corrected chi connectivity index (χ2v) is 6.26. The minimum atomic E-state index is -0.803. The van der Waals surface area contributed by atoms with E-state index in [0.29, 0.717) is 0 Å². The lowest BCUT2D eigenvalue weighted by molar-refractivity contribution is -0.194. The van der Waals surface area contributed by atoms with Crippen molar-refractivity contribution in [3.63, 3.8) is 0 Å². The standard InChI is InChI=1S/C15H24O2/c1-10(2)12-8-13(16)14(4)7-5-6-11(3)15(14,17)9-12/h5-6,11-13,16-17H,1,7-9H2,2-4H3/t11-,12+,13+,14-,15+/m0/s1. The summed E-state index contributed by atoms with van der Waals surface area (Å²) in [6.45, 7) is 10.0. The average molecular weight is 236 g/mol. The van der Waals surface area contributed by atoms with Crippen LogP contribution in [0.5, 0.6) is 0 Å². The fraction of sp³-hybridized carbons (Fsp3) is 0.733. The number of aliphatic hydroxyl groups is 2. The second-order valence-electron chi connectivity index (χ2n) is 6.26. The van der Waals surface area contributed by atoms with Crippen molar-refractivity contribution in [2.75, 3.05) is 0 Å². The van der Waals surface area contributed by atoms with E-state index in [1.807, 2.05) is 20.8 Å². The van der Waals surface area contributed by atoms with Crippen LogP contribution in [0.1, 0.15) is 40.0 Å². The van der Waals surface area contributed by atoms with E-state index in [4.69, 9.17) is 0 Å². The number of fused-ring (bicyclic) bond motifs is 1. The molecule has 0 aromatic heterocycles. The third-order valence-corrected chi connectivity index (χ3v) is 5.21. The molecular formula is C15H24O2. The summed E-state index contributed by atoms with van der Waals surface area (Å²) in [7, 11) is 0. The van der Waals surface area contributed by atoms with E-state index in [-0.39, 0.29) is 11.8 Å². The SMILES string of the molecule is C=C(C)[C@@H]1C[C@@H](O)[C@]2(C)CC=C[C@H](C)[C@]2(O)C1. The van der Waals surface area contributed by atoms with Crippen LogP contribution in [0.25, 0.3) is 0 Å². The Morgan fingerprint density at radius 1 is 1.47 bits per heavy atom. The number of aliphatic hydroxyl groups excluding tert-OH is 1. The van der Waals surface area contributed by atoms with Gasteiger partial charge in [0, 0.05) is 11.3 Å². The summed E-state index contributed by atoms with van der Waals surface area (Å²) in [5.74, 6) is 0.329. The van der Waals surface area contributed by atoms with Crippen LogP contribution in [0, 0.1) is 17.3 Å². The van der Waals surface area contributed by atoms with Gasteiger partial charge in [-0.15, -0.1) is 0 Å². The minimum Gasteiger partial charge on any atom is -0.392 e. The molecule has 2 rings (SSSR count). The lowest BCUT2D eigenvalue weighted by Crippen LogP contribution is -2.62. The molecule has 0 aromatic rings. The van der Waals surface area contributed by atoms with Crippen LogP contribution in [0.2, 0.25) is 0 Å². The highest BCUT2D eigenvalue weighted by Gasteiger charge is 2.58. The zero-order valence-corrected chi connectivity index (χ0v) is 11.1. The number of rotatable bonds is 1. The van der Waals surface area contributed by atoms with E-state index < -0.39 is 17.1 Å². The molecule has 0 heterocycles. The Morgan fingerprint density at radius 2 is 2.12 bits per heavy atom. The van der Waals surface area contributed by atoms with Crippen molar-refractivity contribution in [2.45, 2.75) is 51.7 Å². The van der Waals surface area contributed by atoms with Crippen molar-refractivity contribution >= 4 is 0 Å². The molecule has 1 fully saturated rings. The van der Waals surface area contributed by atoms with Gasteiger partial charge in [0.25, 0.3) is 0 Å². The molecule has 0 spiro atoms. The molecule has 0 bridgehead atoms. The van der Waals surface area contributed by atoms with Crippen LogP contribution >= 0.6 is 0 Å². The van der Waals surface area contributed by atoms with E-state index in [9.17, 15) is 10.2 Å². The molecule has 2 aliphatic rings. The first-order valence-electron chi connectivity index (χ1n) is 6.54. The fourth-order valence-electron chi connectivity index (χ4n) is 3.58. The smallest absolute Gasteiger partial charge is 0.0794 e. The lowest BCUT2D eigenvalue weighted by Gasteiger charge is -2.57. The quantitative estimate of drug-likeness (QED) is 0.687. The molecule has 2 aliphatic carbocycles. The first kappa shape index (κ1) is 12.8. The van der Waals surface area contributed by atoms with Crippen LogP contribution in [0.3, 0.4) is 0 Å². The van der Waals surface area contributed by atoms with Crippen molar-refractivity contribution in [1.29, 1.82) is 0 Å². The second kappa shape index (κ2) is 3.96. The molecule has 0 amide bonds. The summed E-state index contributed by atoms with van der Waals surface area (Å²) in [5.41, 5.74) is -0.142. The molecule has 0 unspecified atom stereocenters. The predicted molar refractivity (Wildman–Crippen MR) is 69.5 cm³/mol. The van der Waals surface area contributed by atoms with Crippen molar-refractivity contribution in [2.24, 2.45) is 17.3 Å². The molecule has 1 saturated carbocycles. The Morgan fingerprint density at radius 3 is 2.71 bits per heavy atom. The Labute approximate surface area is 104 Å². The van der Waals surface area contributed by atoms with Gasteiger partial charge in [0.15, 0.2) is 0 Å². The van der Waals surface area contributed by atoms with E-state index >= 15 is 0 Å². The van der Waals surface area contributed by atoms with Gasteiger partial charge < -0.3 is 10.2 Å². The summed E-state index contributed by atoms with van der Waals surface area (Å²) in [6.07, 6.45) is 5.95. The molecule has 2 nitrogen and oxygen atoms in total. The topological polar surface area (TPSA) is 40.5 Å². The maximum absolute atomic E-state index is 11.1. The van der Waals surface area contributed by atoms with Crippen molar-refractivity contribution in [3.05, 3.63) is 24.3 Å². The van der Waals surface area contributed by atoms with Crippen LogP contribution in [0.15, 0.2) is 24.3 Å². The van der Waals surface area contributed by atoms with Crippen LogP contribution in [-0.2, 0) is 0 Å². The number of hydrogen-bond acceptors (Lipinski definition) is 2. The Balaban J connectivity index is 2.40. The monoisotopic (exact) mass is 236 g/mol. The minimum absolute atomic E-state index is 0.0954. The normalized spacial score (nSPS) is 49.8. The van der Waals surface area contributed by atoms with Gasteiger partial charge in [0.1, 0.15) is 0 Å². The van der Waals surface area contributed by atoms with Gasteiger partial charge >= 0.3 is 0 Å². The predicted octanol–water partition coefficient (Wildman–Crippen LogP) is 2.67. The highest BCUT2D eigenvalue weighted by molar-refractivity contribution is 5.20. The zero-order chi connectivity index (χ0) is 12.8. The lowest BCUT2D eigenvalue weighted by atomic mass is 9.52. The van der Waals surface area contributed by atoms with Gasteiger partial charge in [0.2, 0.25) is 0 Å². The summed E-state index contributed by atoms with van der Waals surface area (Å²) < 4.78 is 0. The Bertz CT molecular complexity index is 360. The zero-order valence-electron chi connectivity index (χ0n) is 11.1. The van der Waals surface area contributed by atoms with Crippen molar-refractivity contribution in [3.8, 4) is 0 Å². The molecule has 2 N–H and O–H groups in total. The molecule has 0 radical (unpaired) electrons. The molecular weight excluding hydrogens is 212 g/mol. The van der Waals surface area contributed by atoms with Gasteiger partial charge in [-0.1, -0.05) is 38.2 Å². The average Bonchev–Trinajstić information content (AvgIpc) is 2.23. The molecule has 5 atom stereocenters. The summed E-state index contributed by atoms with van der Waals surface area (Å²) in [6, 6.07) is 0. The summed E-state index contributed by atoms with van der Waals surface area (Å²) >= 11 is 0. The van der Waals surface area contributed by atoms with E-state index in [0.717, 1.165) is 24.8 Å². The highest BCUT2D eigenvalue weighted by atomic mass is 16.3. The molecule has 96 valence electrons.